The number of aromatic nitrogens is 1. The summed E-state index contributed by atoms with van der Waals surface area (Å²) in [4.78, 5) is 29.7. The van der Waals surface area contributed by atoms with Crippen LogP contribution >= 0.6 is 23.2 Å². The Bertz CT molecular complexity index is 937. The van der Waals surface area contributed by atoms with E-state index in [1.165, 1.54) is 0 Å². The Kier molecular flexibility index (Phi) is 5.30. The molecule has 1 aliphatic heterocycles. The molecule has 0 bridgehead atoms. The third-order valence-electron chi connectivity index (χ3n) is 4.54. The van der Waals surface area contributed by atoms with Gasteiger partial charge in [0.05, 0.1) is 28.8 Å². The van der Waals surface area contributed by atoms with Gasteiger partial charge in [-0.1, -0.05) is 23.2 Å². The topological polar surface area (TPSA) is 62.4 Å². The minimum atomic E-state index is -0.215. The third-order valence-corrected chi connectivity index (χ3v) is 5.18. The molecular weight excluding hydrogens is 375 g/mol. The van der Waals surface area contributed by atoms with Crippen LogP contribution in [0.3, 0.4) is 0 Å². The Labute approximate surface area is 161 Å². The van der Waals surface area contributed by atoms with E-state index in [1.54, 1.807) is 11.0 Å². The van der Waals surface area contributed by atoms with Crippen molar-refractivity contribution in [3.63, 3.8) is 0 Å². The summed E-state index contributed by atoms with van der Waals surface area (Å²) in [7, 11) is 0. The summed E-state index contributed by atoms with van der Waals surface area (Å²) in [5.74, 6) is 0.113. The fourth-order valence-corrected chi connectivity index (χ4v) is 3.98. The van der Waals surface area contributed by atoms with Gasteiger partial charge in [0.2, 0.25) is 0 Å². The maximum absolute atomic E-state index is 13.0. The number of nitrogens with one attached hydrogen (secondary N) is 1. The van der Waals surface area contributed by atoms with Crippen LogP contribution in [0.2, 0.25) is 10.0 Å². The SMILES string of the molecule is CCOc1c(Cl)cc2c(c1Cl)C(=O)N(Cc1c(C)cc(C)[nH]c1=O)CC2. The standard InChI is InChI=1S/C19H20Cl2N2O3/c1-4-26-17-14(20)8-12-5-6-23(19(25)15(12)16(17)21)9-13-10(2)7-11(3)22-18(13)24/h7-8H,4-6,9H2,1-3H3,(H,22,24). The summed E-state index contributed by atoms with van der Waals surface area (Å²) in [6, 6.07) is 3.64. The Balaban J connectivity index is 1.98. The zero-order valence-electron chi connectivity index (χ0n) is 14.9. The number of nitrogens with zero attached hydrogens (tertiary/aromatic N) is 1. The van der Waals surface area contributed by atoms with Crippen molar-refractivity contribution in [2.24, 2.45) is 0 Å². The summed E-state index contributed by atoms with van der Waals surface area (Å²) in [5, 5.41) is 0.640. The van der Waals surface area contributed by atoms with Crippen molar-refractivity contribution in [2.45, 2.75) is 33.7 Å². The van der Waals surface area contributed by atoms with E-state index in [2.05, 4.69) is 4.98 Å². The maximum Gasteiger partial charge on any atom is 0.256 e. The first-order valence-corrected chi connectivity index (χ1v) is 9.21. The summed E-state index contributed by atoms with van der Waals surface area (Å²) in [5.41, 5.74) is 3.29. The van der Waals surface area contributed by atoms with Gasteiger partial charge >= 0.3 is 0 Å². The zero-order chi connectivity index (χ0) is 19.0. The predicted octanol–water partition coefficient (Wildman–Crippen LogP) is 3.90. The number of pyridine rings is 1. The molecule has 138 valence electrons. The third kappa shape index (κ3) is 3.33. The van der Waals surface area contributed by atoms with Crippen LogP contribution in [0.4, 0.5) is 0 Å². The van der Waals surface area contributed by atoms with E-state index in [-0.39, 0.29) is 23.0 Å². The molecule has 1 aromatic heterocycles. The first kappa shape index (κ1) is 18.8. The van der Waals surface area contributed by atoms with Gasteiger partial charge in [-0.25, -0.2) is 0 Å². The van der Waals surface area contributed by atoms with Gasteiger partial charge in [-0.05, 0) is 50.5 Å². The van der Waals surface area contributed by atoms with Crippen LogP contribution in [0, 0.1) is 13.8 Å². The number of H-pyrrole nitrogens is 1. The van der Waals surface area contributed by atoms with Gasteiger partial charge in [-0.2, -0.15) is 0 Å². The molecular formula is C19H20Cl2N2O3. The molecule has 2 heterocycles. The Morgan fingerprint density at radius 1 is 1.23 bits per heavy atom. The van der Waals surface area contributed by atoms with Crippen molar-refractivity contribution in [1.29, 1.82) is 0 Å². The zero-order valence-corrected chi connectivity index (χ0v) is 16.4. The lowest BCUT2D eigenvalue weighted by atomic mass is 9.97. The highest BCUT2D eigenvalue weighted by molar-refractivity contribution is 6.39. The number of hydrogen-bond donors (Lipinski definition) is 1. The second-order valence-electron chi connectivity index (χ2n) is 6.39. The molecule has 26 heavy (non-hydrogen) atoms. The molecule has 0 atom stereocenters. The minimum Gasteiger partial charge on any atom is -0.491 e. The number of fused-ring (bicyclic) bond motifs is 1. The van der Waals surface area contributed by atoms with Crippen LogP contribution in [-0.2, 0) is 13.0 Å². The second-order valence-corrected chi connectivity index (χ2v) is 7.17. The van der Waals surface area contributed by atoms with Crippen molar-refractivity contribution in [2.75, 3.05) is 13.2 Å². The quantitative estimate of drug-likeness (QED) is 0.854. The van der Waals surface area contributed by atoms with E-state index >= 15 is 0 Å². The number of rotatable bonds is 4. The Morgan fingerprint density at radius 3 is 2.62 bits per heavy atom. The number of benzene rings is 1. The Morgan fingerprint density at radius 2 is 1.96 bits per heavy atom. The van der Waals surface area contributed by atoms with Gasteiger partial charge in [0.1, 0.15) is 0 Å². The molecule has 0 spiro atoms. The largest absolute Gasteiger partial charge is 0.491 e. The van der Waals surface area contributed by atoms with Crippen molar-refractivity contribution in [3.05, 3.63) is 60.5 Å². The number of amides is 1. The smallest absolute Gasteiger partial charge is 0.256 e. The van der Waals surface area contributed by atoms with E-state index in [0.717, 1.165) is 16.8 Å². The number of carbonyl (C=O) groups excluding carboxylic acids is 1. The average Bonchev–Trinajstić information content (AvgIpc) is 2.56. The van der Waals surface area contributed by atoms with Gasteiger partial charge < -0.3 is 14.6 Å². The highest BCUT2D eigenvalue weighted by atomic mass is 35.5. The van der Waals surface area contributed by atoms with Gasteiger partial charge in [0, 0.05) is 17.8 Å². The minimum absolute atomic E-state index is 0.168. The number of carbonyl (C=O) groups is 1. The molecule has 1 amide bonds. The highest BCUT2D eigenvalue weighted by Crippen LogP contribution is 2.40. The van der Waals surface area contributed by atoms with Gasteiger partial charge in [0.15, 0.2) is 5.75 Å². The molecule has 0 saturated carbocycles. The molecule has 0 radical (unpaired) electrons. The van der Waals surface area contributed by atoms with Crippen LogP contribution in [0.15, 0.2) is 16.9 Å². The van der Waals surface area contributed by atoms with Gasteiger partial charge in [-0.3, -0.25) is 9.59 Å². The number of hydrogen-bond acceptors (Lipinski definition) is 3. The van der Waals surface area contributed by atoms with Crippen molar-refractivity contribution in [3.8, 4) is 5.75 Å². The summed E-state index contributed by atoms with van der Waals surface area (Å²) < 4.78 is 5.50. The molecule has 3 rings (SSSR count). The fourth-order valence-electron chi connectivity index (χ4n) is 3.29. The molecule has 0 fully saturated rings. The summed E-state index contributed by atoms with van der Waals surface area (Å²) in [6.45, 7) is 6.67. The molecule has 7 heteroatoms. The number of aromatic amines is 1. The van der Waals surface area contributed by atoms with E-state index < -0.39 is 0 Å². The van der Waals surface area contributed by atoms with E-state index in [0.29, 0.717) is 41.5 Å². The molecule has 1 aromatic carbocycles. The monoisotopic (exact) mass is 394 g/mol. The molecule has 1 N–H and O–H groups in total. The molecule has 0 unspecified atom stereocenters. The first-order chi connectivity index (χ1) is 12.3. The lowest BCUT2D eigenvalue weighted by molar-refractivity contribution is 0.0726. The van der Waals surface area contributed by atoms with Crippen LogP contribution < -0.4 is 10.3 Å². The normalized spacial score (nSPS) is 13.7. The summed E-state index contributed by atoms with van der Waals surface area (Å²) in [6.07, 6.45) is 0.621. The fraction of sp³-hybridized carbons (Fsp3) is 0.368. The average molecular weight is 395 g/mol. The lowest BCUT2D eigenvalue weighted by Gasteiger charge is -2.30. The maximum atomic E-state index is 13.0. The van der Waals surface area contributed by atoms with Crippen LogP contribution in [0.1, 0.15) is 39.7 Å². The first-order valence-electron chi connectivity index (χ1n) is 8.45. The van der Waals surface area contributed by atoms with Crippen LogP contribution in [0.25, 0.3) is 0 Å². The van der Waals surface area contributed by atoms with Crippen LogP contribution in [0.5, 0.6) is 5.75 Å². The Hall–Kier alpha value is -1.98. The number of aryl methyl sites for hydroxylation is 2. The van der Waals surface area contributed by atoms with E-state index in [4.69, 9.17) is 27.9 Å². The van der Waals surface area contributed by atoms with Crippen molar-refractivity contribution in [1.82, 2.24) is 9.88 Å². The van der Waals surface area contributed by atoms with Gasteiger partial charge in [0.25, 0.3) is 11.5 Å². The van der Waals surface area contributed by atoms with E-state index in [1.807, 2.05) is 26.8 Å². The molecule has 0 aliphatic carbocycles. The number of ether oxygens (including phenoxy) is 1. The molecule has 2 aromatic rings. The predicted molar refractivity (Wildman–Crippen MR) is 103 cm³/mol. The molecule has 1 aliphatic rings. The second kappa shape index (κ2) is 7.33. The van der Waals surface area contributed by atoms with Gasteiger partial charge in [-0.15, -0.1) is 0 Å². The highest BCUT2D eigenvalue weighted by Gasteiger charge is 2.30. The van der Waals surface area contributed by atoms with Crippen molar-refractivity contribution < 1.29 is 9.53 Å². The van der Waals surface area contributed by atoms with Crippen molar-refractivity contribution >= 4 is 29.1 Å². The van der Waals surface area contributed by atoms with E-state index in [9.17, 15) is 9.59 Å². The summed E-state index contributed by atoms with van der Waals surface area (Å²) >= 11 is 12.7. The lowest BCUT2D eigenvalue weighted by Crippen LogP contribution is -2.39. The van der Waals surface area contributed by atoms with Crippen LogP contribution in [-0.4, -0.2) is 28.9 Å². The number of halogens is 2. The molecule has 0 saturated heterocycles. The molecule has 5 nitrogen and oxygen atoms in total.